The molecule has 0 bridgehead atoms. The van der Waals surface area contributed by atoms with E-state index in [0.29, 0.717) is 18.4 Å². The predicted molar refractivity (Wildman–Crippen MR) is 75.8 cm³/mol. The van der Waals surface area contributed by atoms with Crippen LogP contribution in [0.2, 0.25) is 0 Å². The lowest BCUT2D eigenvalue weighted by Gasteiger charge is -2.20. The lowest BCUT2D eigenvalue weighted by Crippen LogP contribution is -2.20. The highest BCUT2D eigenvalue weighted by molar-refractivity contribution is 5.93. The number of amides is 1. The van der Waals surface area contributed by atoms with Crippen molar-refractivity contribution in [2.75, 3.05) is 5.32 Å². The molecule has 0 aliphatic carbocycles. The summed E-state index contributed by atoms with van der Waals surface area (Å²) in [6.45, 7) is 0. The lowest BCUT2D eigenvalue weighted by molar-refractivity contribution is -0.116. The van der Waals surface area contributed by atoms with E-state index in [4.69, 9.17) is 5.73 Å². The van der Waals surface area contributed by atoms with Gasteiger partial charge >= 0.3 is 0 Å². The molecule has 2 aromatic carbocycles. The van der Waals surface area contributed by atoms with Crippen LogP contribution in [-0.4, -0.2) is 5.91 Å². The maximum Gasteiger partial charge on any atom is 0.224 e. The van der Waals surface area contributed by atoms with Crippen molar-refractivity contribution in [3.63, 3.8) is 0 Å². The van der Waals surface area contributed by atoms with Gasteiger partial charge in [-0.25, -0.2) is 8.78 Å². The van der Waals surface area contributed by atoms with E-state index in [2.05, 4.69) is 5.32 Å². The largest absolute Gasteiger partial charge is 0.326 e. The maximum absolute atomic E-state index is 13.8. The zero-order valence-corrected chi connectivity index (χ0v) is 11.2. The van der Waals surface area contributed by atoms with Gasteiger partial charge in [0.25, 0.3) is 0 Å². The summed E-state index contributed by atoms with van der Waals surface area (Å²) in [5.41, 5.74) is 8.15. The summed E-state index contributed by atoms with van der Waals surface area (Å²) in [5.74, 6) is -1.35. The van der Waals surface area contributed by atoms with Crippen molar-refractivity contribution in [1.29, 1.82) is 0 Å². The van der Waals surface area contributed by atoms with Gasteiger partial charge in [-0.1, -0.05) is 18.2 Å². The fraction of sp³-hybridized carbons (Fsp3) is 0.188. The first-order valence-electron chi connectivity index (χ1n) is 6.68. The first-order valence-corrected chi connectivity index (χ1v) is 6.68. The number of rotatable bonds is 2. The molecular formula is C16H14F2N2O. The van der Waals surface area contributed by atoms with Gasteiger partial charge in [0.1, 0.15) is 11.6 Å². The van der Waals surface area contributed by atoms with Crippen LogP contribution >= 0.6 is 0 Å². The van der Waals surface area contributed by atoms with Crippen molar-refractivity contribution in [3.8, 4) is 0 Å². The van der Waals surface area contributed by atoms with E-state index in [0.717, 1.165) is 11.3 Å². The Morgan fingerprint density at radius 1 is 1.10 bits per heavy atom. The van der Waals surface area contributed by atoms with Gasteiger partial charge in [-0.05, 0) is 35.7 Å². The summed E-state index contributed by atoms with van der Waals surface area (Å²) in [6, 6.07) is 8.01. The Labute approximate surface area is 120 Å². The third kappa shape index (κ3) is 2.52. The summed E-state index contributed by atoms with van der Waals surface area (Å²) in [6.07, 6.45) is 1.00. The number of anilines is 1. The second kappa shape index (κ2) is 5.26. The van der Waals surface area contributed by atoms with Crippen LogP contribution in [0, 0.1) is 11.6 Å². The van der Waals surface area contributed by atoms with Crippen molar-refractivity contribution < 1.29 is 13.6 Å². The second-order valence-corrected chi connectivity index (χ2v) is 5.08. The minimum atomic E-state index is -0.880. The fourth-order valence-corrected chi connectivity index (χ4v) is 2.57. The van der Waals surface area contributed by atoms with Gasteiger partial charge in [0.15, 0.2) is 0 Å². The molecule has 0 saturated carbocycles. The third-order valence-corrected chi connectivity index (χ3v) is 3.69. The lowest BCUT2D eigenvalue weighted by atomic mass is 9.94. The topological polar surface area (TPSA) is 55.1 Å². The molecule has 21 heavy (non-hydrogen) atoms. The average Bonchev–Trinajstić information content (AvgIpc) is 2.46. The first kappa shape index (κ1) is 13.7. The van der Waals surface area contributed by atoms with Gasteiger partial charge in [-0.15, -0.1) is 0 Å². The molecule has 0 spiro atoms. The molecule has 2 aromatic rings. The molecule has 0 radical (unpaired) electrons. The van der Waals surface area contributed by atoms with Crippen LogP contribution in [0.5, 0.6) is 0 Å². The SMILES string of the molecule is NC(c1ccc2c(c1)CCC(=O)N2)c1c(F)cccc1F. The smallest absolute Gasteiger partial charge is 0.224 e. The van der Waals surface area contributed by atoms with Gasteiger partial charge in [-0.3, -0.25) is 4.79 Å². The molecule has 3 N–H and O–H groups in total. The maximum atomic E-state index is 13.8. The number of aryl methyl sites for hydroxylation is 1. The van der Waals surface area contributed by atoms with Crippen LogP contribution in [0.25, 0.3) is 0 Å². The van der Waals surface area contributed by atoms with Gasteiger partial charge in [0.05, 0.1) is 6.04 Å². The van der Waals surface area contributed by atoms with Crippen LogP contribution in [0.1, 0.15) is 29.2 Å². The fourth-order valence-electron chi connectivity index (χ4n) is 2.57. The van der Waals surface area contributed by atoms with Gasteiger partial charge in [-0.2, -0.15) is 0 Å². The van der Waals surface area contributed by atoms with E-state index in [-0.39, 0.29) is 11.5 Å². The number of hydrogen-bond acceptors (Lipinski definition) is 2. The van der Waals surface area contributed by atoms with E-state index in [1.54, 1.807) is 18.2 Å². The summed E-state index contributed by atoms with van der Waals surface area (Å²) < 4.78 is 27.6. The number of nitrogens with two attached hydrogens (primary N) is 1. The average molecular weight is 288 g/mol. The summed E-state index contributed by atoms with van der Waals surface area (Å²) in [5, 5.41) is 2.76. The van der Waals surface area contributed by atoms with Gasteiger partial charge in [0.2, 0.25) is 5.91 Å². The number of hydrogen-bond donors (Lipinski definition) is 2. The van der Waals surface area contributed by atoms with Crippen LogP contribution in [0.15, 0.2) is 36.4 Å². The Balaban J connectivity index is 1.99. The molecule has 3 rings (SSSR count). The van der Waals surface area contributed by atoms with Crippen LogP contribution < -0.4 is 11.1 Å². The van der Waals surface area contributed by atoms with Crippen molar-refractivity contribution >= 4 is 11.6 Å². The first-order chi connectivity index (χ1) is 10.1. The number of carbonyl (C=O) groups excluding carboxylic acids is 1. The normalized spacial score (nSPS) is 15.3. The molecule has 1 aliphatic heterocycles. The van der Waals surface area contributed by atoms with Crippen LogP contribution in [0.3, 0.4) is 0 Å². The zero-order chi connectivity index (χ0) is 15.0. The molecule has 1 amide bonds. The summed E-state index contributed by atoms with van der Waals surface area (Å²) in [7, 11) is 0. The molecule has 1 unspecified atom stereocenters. The van der Waals surface area contributed by atoms with Crippen LogP contribution in [0.4, 0.5) is 14.5 Å². The van der Waals surface area contributed by atoms with E-state index in [9.17, 15) is 13.6 Å². The molecule has 0 saturated heterocycles. The number of fused-ring (bicyclic) bond motifs is 1. The summed E-state index contributed by atoms with van der Waals surface area (Å²) >= 11 is 0. The van der Waals surface area contributed by atoms with E-state index < -0.39 is 17.7 Å². The molecule has 1 atom stereocenters. The van der Waals surface area contributed by atoms with Crippen LogP contribution in [-0.2, 0) is 11.2 Å². The standard InChI is InChI=1S/C16H14F2N2O/c17-11-2-1-3-12(18)15(11)16(19)10-4-6-13-9(8-10)5-7-14(21)20-13/h1-4,6,8,16H,5,7,19H2,(H,20,21). The van der Waals surface area contributed by atoms with Crippen molar-refractivity contribution in [1.82, 2.24) is 0 Å². The minimum absolute atomic E-state index is 0.0281. The minimum Gasteiger partial charge on any atom is -0.326 e. The van der Waals surface area contributed by atoms with E-state index >= 15 is 0 Å². The molecular weight excluding hydrogens is 274 g/mol. The van der Waals surface area contributed by atoms with Crippen molar-refractivity contribution in [2.24, 2.45) is 5.73 Å². The highest BCUT2D eigenvalue weighted by Gasteiger charge is 2.21. The molecule has 3 nitrogen and oxygen atoms in total. The van der Waals surface area contributed by atoms with Gasteiger partial charge < -0.3 is 11.1 Å². The Morgan fingerprint density at radius 2 is 1.81 bits per heavy atom. The molecule has 1 aliphatic rings. The molecule has 108 valence electrons. The van der Waals surface area contributed by atoms with E-state index in [1.807, 2.05) is 0 Å². The van der Waals surface area contributed by atoms with E-state index in [1.165, 1.54) is 18.2 Å². The number of nitrogens with one attached hydrogen (secondary N) is 1. The Bertz CT molecular complexity index is 695. The predicted octanol–water partition coefficient (Wildman–Crippen LogP) is 2.90. The molecule has 0 aromatic heterocycles. The Hall–Kier alpha value is -2.27. The Kier molecular flexibility index (Phi) is 3.43. The quantitative estimate of drug-likeness (QED) is 0.892. The highest BCUT2D eigenvalue weighted by atomic mass is 19.1. The number of carbonyl (C=O) groups is 1. The summed E-state index contributed by atoms with van der Waals surface area (Å²) in [4.78, 5) is 11.3. The monoisotopic (exact) mass is 288 g/mol. The van der Waals surface area contributed by atoms with Gasteiger partial charge in [0, 0.05) is 17.7 Å². The second-order valence-electron chi connectivity index (χ2n) is 5.08. The zero-order valence-electron chi connectivity index (χ0n) is 11.2. The third-order valence-electron chi connectivity index (χ3n) is 3.69. The van der Waals surface area contributed by atoms with Crippen molar-refractivity contribution in [2.45, 2.75) is 18.9 Å². The number of benzene rings is 2. The highest BCUT2D eigenvalue weighted by Crippen LogP contribution is 2.29. The van der Waals surface area contributed by atoms with Crippen molar-refractivity contribution in [3.05, 3.63) is 64.7 Å². The molecule has 5 heteroatoms. The molecule has 0 fully saturated rings. The Morgan fingerprint density at radius 3 is 2.52 bits per heavy atom. The number of halogens is 2. The molecule has 1 heterocycles.